The molecule has 56 N–H and O–H groups in total. The maximum absolute atomic E-state index is 8.56. The van der Waals surface area contributed by atoms with Crippen LogP contribution < -0.4 is 277 Å². The summed E-state index contributed by atoms with van der Waals surface area (Å²) in [5, 5.41) is 457. The second-order valence-corrected chi connectivity index (χ2v) is 8.91. The van der Waals surface area contributed by atoms with Crippen LogP contribution >= 0.6 is 0 Å². The maximum atomic E-state index is 8.56. The van der Waals surface area contributed by atoms with Crippen molar-refractivity contribution in [3.05, 3.63) is 0 Å². The zero-order valence-corrected chi connectivity index (χ0v) is 81.4. The maximum Gasteiger partial charge on any atom is 1.00 e. The normalized spacial score (nSPS) is 5.65. The van der Waals surface area contributed by atoms with E-state index in [0.717, 1.165) is 0 Å². The van der Waals surface area contributed by atoms with Gasteiger partial charge in [0.25, 0.3) is 0 Å². The van der Waals surface area contributed by atoms with Gasteiger partial charge in [0, 0.05) is 0 Å². The summed E-state index contributed by atoms with van der Waals surface area (Å²) in [4.78, 5) is 273. The number of rotatable bonds is 0. The molecule has 0 saturated carbocycles. The smallest absolute Gasteiger partial charge is 0.565 e. The summed E-state index contributed by atoms with van der Waals surface area (Å²) in [6.45, 7) is 0. The van der Waals surface area contributed by atoms with Gasteiger partial charge in [-0.05, 0) is 0 Å². The van der Waals surface area contributed by atoms with Crippen molar-refractivity contribution in [3.63, 3.8) is 0 Å². The second kappa shape index (κ2) is 259. The minimum atomic E-state index is -2.08. The van der Waals surface area contributed by atoms with Gasteiger partial charge in [0.1, 0.15) is 0 Å². The largest absolute Gasteiger partial charge is 1.00 e. The van der Waals surface area contributed by atoms with Crippen molar-refractivity contribution in [2.45, 2.75) is 0 Å². The average molecular weight is 2160 g/mol. The molecule has 136 heavy (non-hydrogen) atoms. The molecule has 768 valence electrons. The molecule has 0 atom stereocenters. The molecule has 0 aromatic rings. The Labute approximate surface area is 905 Å². The first-order chi connectivity index (χ1) is 55.4. The molecule has 96 nitrogen and oxygen atoms in total. The van der Waals surface area contributed by atoms with Crippen molar-refractivity contribution in [2.24, 2.45) is 0 Å². The quantitative estimate of drug-likeness (QED) is 0.100. The fraction of sp³-hybridized carbons (Fsp3) is 0. The molecule has 0 aliphatic carbocycles. The summed E-state index contributed by atoms with van der Waals surface area (Å²) < 4.78 is 0. The van der Waals surface area contributed by atoms with E-state index in [-0.39, 0.29) is 236 Å². The number of carbonyl (C=O) groups is 32. The van der Waals surface area contributed by atoms with Gasteiger partial charge in [-0.2, -0.15) is 0 Å². The molecule has 0 heterocycles. The van der Waals surface area contributed by atoms with Crippen molar-refractivity contribution in [1.29, 1.82) is 0 Å². The minimum absolute atomic E-state index is 0. The molecule has 104 heteroatoms. The summed E-state index contributed by atoms with van der Waals surface area (Å²) in [5.74, 6) is 0. The van der Waals surface area contributed by atoms with Crippen LogP contribution in [0.1, 0.15) is 0 Å². The molecule has 0 aliphatic rings. The van der Waals surface area contributed by atoms with Crippen LogP contribution in [0.4, 0.5) is 153 Å². The van der Waals surface area contributed by atoms with Gasteiger partial charge >= 0.3 is 384 Å². The zero-order valence-electron chi connectivity index (χ0n) is 65.4. The molecule has 0 aromatic carbocycles. The third-order valence-electron chi connectivity index (χ3n) is 0. The second-order valence-electron chi connectivity index (χ2n) is 8.91. The number of hydrogen-bond donors (Lipinski definition) is 56. The Bertz CT molecular complexity index is 1840. The minimum Gasteiger partial charge on any atom is -0.565 e. The Morgan fingerprint density at radius 2 is 0.0735 bits per heavy atom. The van der Waals surface area contributed by atoms with Crippen molar-refractivity contribution in [1.82, 2.24) is 0 Å². The van der Waals surface area contributed by atoms with Gasteiger partial charge in [-0.15, -0.1) is 0 Å². The topological polar surface area (TPSA) is 1860 Å². The van der Waals surface area contributed by atoms with E-state index in [1.54, 1.807) is 0 Å². The Kier molecular flexibility index (Phi) is 506. The van der Waals surface area contributed by atoms with Crippen LogP contribution in [0.5, 0.6) is 0 Å². The van der Waals surface area contributed by atoms with Crippen molar-refractivity contribution in [3.8, 4) is 0 Å². The molecule has 0 aliphatic heterocycles. The Morgan fingerprint density at radius 1 is 0.0735 bits per heavy atom. The molecule has 0 rings (SSSR count). The summed E-state index contributed by atoms with van der Waals surface area (Å²) in [6, 6.07) is 0. The molecule has 0 saturated heterocycles. The van der Waals surface area contributed by atoms with Gasteiger partial charge in [0.2, 0.25) is 49.2 Å². The summed E-state index contributed by atoms with van der Waals surface area (Å²) in [7, 11) is 0. The van der Waals surface area contributed by atoms with Crippen LogP contribution in [0.3, 0.4) is 0 Å². The third kappa shape index (κ3) is 6960. The molecule has 0 bridgehead atoms. The van der Waals surface area contributed by atoms with Gasteiger partial charge in [-0.25, -0.2) is 115 Å². The molecule has 0 spiro atoms. The Morgan fingerprint density at radius 3 is 0.0735 bits per heavy atom. The van der Waals surface area contributed by atoms with E-state index >= 15 is 0 Å². The fourth-order valence-electron chi connectivity index (χ4n) is 0. The van der Waals surface area contributed by atoms with E-state index in [4.69, 9.17) is 480 Å². The van der Waals surface area contributed by atoms with Crippen molar-refractivity contribution < 1.29 is 717 Å². The number of carboxylic acid groups (broad SMARTS) is 64. The van der Waals surface area contributed by atoms with Gasteiger partial charge in [-0.3, -0.25) is 0 Å². The average Bonchev–Trinajstić information content (AvgIpc) is 3.33. The fourth-order valence-corrected chi connectivity index (χ4v) is 0. The van der Waals surface area contributed by atoms with E-state index in [0.29, 0.717) is 0 Å². The monoisotopic (exact) mass is 2160 g/mol. The Hall–Kier alpha value is -15.4. The van der Waals surface area contributed by atoms with E-state index in [1.165, 1.54) is 0 Å². The van der Waals surface area contributed by atoms with Crippen LogP contribution in [0.15, 0.2) is 0 Å². The van der Waals surface area contributed by atoms with Crippen LogP contribution in [0.2, 0.25) is 0 Å². The van der Waals surface area contributed by atoms with E-state index in [2.05, 4.69) is 0 Å². The predicted molar refractivity (Wildman–Crippen MR) is 320 cm³/mol. The first-order valence-electron chi connectivity index (χ1n) is 20.7. The van der Waals surface area contributed by atoms with Gasteiger partial charge < -0.3 is 365 Å². The van der Waals surface area contributed by atoms with Crippen molar-refractivity contribution >= 4 is 197 Å². The van der Waals surface area contributed by atoms with Gasteiger partial charge in [0.05, 0.1) is 0 Å². The van der Waals surface area contributed by atoms with Crippen LogP contribution in [0.25, 0.3) is 0 Å². The van der Waals surface area contributed by atoms with Crippen LogP contribution in [0, 0.1) is 0 Å². The van der Waals surface area contributed by atoms with Crippen LogP contribution in [-0.4, -0.2) is 483 Å². The molecule has 0 unspecified atom stereocenters. The van der Waals surface area contributed by atoms with E-state index < -0.39 is 197 Å². The van der Waals surface area contributed by atoms with Gasteiger partial charge in [0.15, 0.2) is 0 Å². The molecule has 0 radical (unpaired) electrons. The van der Waals surface area contributed by atoms with E-state index in [1.807, 2.05) is 0 Å². The standard InChI is InChI=1S/32CH2O3.8Na/c32*2-1(3)4;;;;;;;;/h32*(H2,2,3,4);;;;;;;;/q;;;;;;;;;;;;;;;;;;;;;;;;;;;;;;;;8*+1/p-8. The molecule has 0 amide bonds. The SMILES string of the molecule is O=C(O)O.O=C(O)O.O=C(O)O.O=C(O)O.O=C(O)O.O=C(O)O.O=C(O)O.O=C(O)O.O=C(O)O.O=C(O)O.O=C(O)O.O=C(O)O.O=C(O)O.O=C(O)O.O=C(O)O.O=C(O)O.O=C(O)O.O=C(O)O.O=C(O)O.O=C(O)O.O=C(O)O.O=C(O)O.O=C(O)O.O=C(O)O.O=C([O-])O.O=C([O-])O.O=C([O-])O.O=C([O-])O.O=C([O-])O.O=C([O-])O.O=C([O-])O.O=C([O-])O.[Na+].[Na+].[Na+].[Na+].[Na+].[Na+].[Na+].[Na+]. The number of hydrogen-bond acceptors (Lipinski definition) is 40. The molecular formula is C32H56Na8O96. The molecule has 0 aromatic heterocycles. The molecule has 0 fully saturated rings. The summed E-state index contributed by atoms with van der Waals surface area (Å²) >= 11 is 0. The predicted octanol–water partition coefficient (Wildman–Crippen LogP) is -27.5. The third-order valence-corrected chi connectivity index (χ3v) is 0. The summed E-state index contributed by atoms with van der Waals surface area (Å²) in [6.07, 6.45) is -60.7. The van der Waals surface area contributed by atoms with Crippen molar-refractivity contribution in [2.75, 3.05) is 0 Å². The first kappa shape index (κ1) is 266. The first-order valence-corrected chi connectivity index (χ1v) is 20.7. The van der Waals surface area contributed by atoms with Gasteiger partial charge in [-0.1, -0.05) is 0 Å². The molecular weight excluding hydrogens is 2100 g/mol. The summed E-state index contributed by atoms with van der Waals surface area (Å²) in [5.41, 5.74) is 0. The zero-order chi connectivity index (χ0) is 114. The van der Waals surface area contributed by atoms with E-state index in [9.17, 15) is 0 Å². The Balaban J connectivity index is -0.0000000184. The van der Waals surface area contributed by atoms with Crippen LogP contribution in [-0.2, 0) is 0 Å².